The van der Waals surface area contributed by atoms with Gasteiger partial charge in [0.2, 0.25) is 0 Å². The number of halogens is 5. The molecule has 0 spiro atoms. The van der Waals surface area contributed by atoms with Gasteiger partial charge in [0, 0.05) is 55.2 Å². The number of carbonyl (C=O) groups is 2. The van der Waals surface area contributed by atoms with Crippen molar-refractivity contribution >= 4 is 56.9 Å². The van der Waals surface area contributed by atoms with Gasteiger partial charge in [-0.25, -0.2) is 9.59 Å². The number of hydrogen-bond acceptors (Lipinski definition) is 7. The quantitative estimate of drug-likeness (QED) is 0.138. The van der Waals surface area contributed by atoms with Crippen molar-refractivity contribution < 1.29 is 37.0 Å². The largest absolute Gasteiger partial charge is 0.484 e. The summed E-state index contributed by atoms with van der Waals surface area (Å²) in [4.78, 5) is 35.6. The smallest absolute Gasteiger partial charge is 0.422 e. The summed E-state index contributed by atoms with van der Waals surface area (Å²) in [6, 6.07) is 25.7. The predicted octanol–water partition coefficient (Wildman–Crippen LogP) is 9.65. The highest BCUT2D eigenvalue weighted by Gasteiger charge is 2.28. The number of nitrogens with zero attached hydrogens (tertiary/aromatic N) is 3. The van der Waals surface area contributed by atoms with Crippen molar-refractivity contribution in [2.45, 2.75) is 25.6 Å². The molecular weight excluding hydrogens is 756 g/mol. The standard InChI is InChI=1S/C25H20ClF3N2O3.C16H13ClN2O2/c1-33-24(32)21-12-19(26)13-30-22(21)11-16-5-6-23-18(9-16)7-8-31(23)14-17-3-2-4-20(10-17)34-15-25(27,28)29;1-21-16(20)13-8-12(17)9-19-15(13)7-10-2-3-14-11(6-10)4-5-18-14/h2-10,12-13H,11,14-15H2,1H3;2-6,8-9,18H,7H2,1H3. The lowest BCUT2D eigenvalue weighted by atomic mass is 10.0. The van der Waals surface area contributed by atoms with Crippen LogP contribution in [0.3, 0.4) is 0 Å². The van der Waals surface area contributed by atoms with Gasteiger partial charge in [0.1, 0.15) is 5.75 Å². The van der Waals surface area contributed by atoms with Crippen LogP contribution in [0, 0.1) is 0 Å². The molecule has 0 fully saturated rings. The van der Waals surface area contributed by atoms with E-state index in [1.54, 1.807) is 18.2 Å². The van der Waals surface area contributed by atoms with Gasteiger partial charge in [-0.2, -0.15) is 13.2 Å². The van der Waals surface area contributed by atoms with Gasteiger partial charge in [-0.3, -0.25) is 9.97 Å². The Labute approximate surface area is 323 Å². The van der Waals surface area contributed by atoms with E-state index >= 15 is 0 Å². The van der Waals surface area contributed by atoms with E-state index in [9.17, 15) is 22.8 Å². The van der Waals surface area contributed by atoms with E-state index in [-0.39, 0.29) is 5.75 Å². The molecule has 0 aliphatic carbocycles. The van der Waals surface area contributed by atoms with Crippen LogP contribution in [0.2, 0.25) is 10.0 Å². The Hall–Kier alpha value is -5.85. The fourth-order valence-electron chi connectivity index (χ4n) is 5.98. The fourth-order valence-corrected chi connectivity index (χ4v) is 6.30. The monoisotopic (exact) mass is 788 g/mol. The number of carbonyl (C=O) groups excluding carboxylic acids is 2. The van der Waals surface area contributed by atoms with E-state index in [0.717, 1.165) is 38.5 Å². The number of benzene rings is 3. The van der Waals surface area contributed by atoms with Crippen LogP contribution < -0.4 is 4.74 Å². The second kappa shape index (κ2) is 17.1. The Morgan fingerprint density at radius 1 is 0.745 bits per heavy atom. The Bertz CT molecular complexity index is 2480. The number of alkyl halides is 3. The minimum absolute atomic E-state index is 0.172. The molecule has 0 radical (unpaired) electrons. The Kier molecular flexibility index (Phi) is 12.1. The number of pyridine rings is 2. The summed E-state index contributed by atoms with van der Waals surface area (Å²) in [6.45, 7) is -0.858. The van der Waals surface area contributed by atoms with E-state index in [1.807, 2.05) is 65.5 Å². The molecule has 0 aliphatic heterocycles. The first-order chi connectivity index (χ1) is 26.4. The Morgan fingerprint density at radius 3 is 1.98 bits per heavy atom. The van der Waals surface area contributed by atoms with Crippen molar-refractivity contribution in [3.8, 4) is 5.75 Å². The summed E-state index contributed by atoms with van der Waals surface area (Å²) in [7, 11) is 2.65. The number of fused-ring (bicyclic) bond motifs is 2. The number of nitrogens with one attached hydrogen (secondary N) is 1. The number of esters is 2. The van der Waals surface area contributed by atoms with Crippen LogP contribution in [0.25, 0.3) is 21.8 Å². The summed E-state index contributed by atoms with van der Waals surface area (Å²) in [5, 5.41) is 2.88. The SMILES string of the molecule is COC(=O)c1cc(Cl)cnc1Cc1ccc2[nH]ccc2c1.COC(=O)c1cc(Cl)cnc1Cc1ccc2c(ccn2Cc2cccc(OCC(F)(F)F)c2)c1. The molecule has 55 heavy (non-hydrogen) atoms. The van der Waals surface area contributed by atoms with E-state index in [0.29, 0.717) is 51.9 Å². The highest BCUT2D eigenvalue weighted by Crippen LogP contribution is 2.25. The average molecular weight is 790 g/mol. The molecule has 7 aromatic rings. The number of H-pyrrole nitrogens is 1. The van der Waals surface area contributed by atoms with Gasteiger partial charge in [-0.1, -0.05) is 47.5 Å². The summed E-state index contributed by atoms with van der Waals surface area (Å²) in [5.41, 5.74) is 6.81. The third-order valence-corrected chi connectivity index (χ3v) is 8.95. The molecule has 4 aromatic heterocycles. The summed E-state index contributed by atoms with van der Waals surface area (Å²) >= 11 is 11.9. The molecular formula is C41H33Cl2F3N4O5. The van der Waals surface area contributed by atoms with E-state index in [4.69, 9.17) is 37.4 Å². The van der Waals surface area contributed by atoms with Crippen molar-refractivity contribution in [3.05, 3.63) is 159 Å². The molecule has 0 saturated carbocycles. The lowest BCUT2D eigenvalue weighted by Crippen LogP contribution is -2.19. The molecule has 3 aromatic carbocycles. The average Bonchev–Trinajstić information content (AvgIpc) is 3.81. The van der Waals surface area contributed by atoms with Crippen LogP contribution in [0.15, 0.2) is 110 Å². The molecule has 0 unspecified atom stereocenters. The Morgan fingerprint density at radius 2 is 1.36 bits per heavy atom. The highest BCUT2D eigenvalue weighted by molar-refractivity contribution is 6.31. The van der Waals surface area contributed by atoms with Gasteiger partial charge in [0.05, 0.1) is 46.8 Å². The number of rotatable bonds is 10. The molecule has 0 amide bonds. The maximum atomic E-state index is 12.4. The van der Waals surface area contributed by atoms with Gasteiger partial charge in [-0.15, -0.1) is 0 Å². The molecule has 0 saturated heterocycles. The van der Waals surface area contributed by atoms with Gasteiger partial charge in [0.25, 0.3) is 0 Å². The third kappa shape index (κ3) is 10.0. The maximum Gasteiger partial charge on any atom is 0.422 e. The van der Waals surface area contributed by atoms with Crippen molar-refractivity contribution in [2.24, 2.45) is 0 Å². The van der Waals surface area contributed by atoms with Crippen LogP contribution in [0.4, 0.5) is 13.2 Å². The third-order valence-electron chi connectivity index (χ3n) is 8.53. The second-order valence-electron chi connectivity index (χ2n) is 12.4. The molecule has 4 heterocycles. The number of methoxy groups -OCH3 is 2. The van der Waals surface area contributed by atoms with E-state index in [2.05, 4.69) is 21.0 Å². The lowest BCUT2D eigenvalue weighted by molar-refractivity contribution is -0.153. The molecule has 14 heteroatoms. The summed E-state index contributed by atoms with van der Waals surface area (Å²) in [5.74, 6) is -0.758. The molecule has 9 nitrogen and oxygen atoms in total. The molecule has 282 valence electrons. The van der Waals surface area contributed by atoms with E-state index in [1.165, 1.54) is 38.7 Å². The first-order valence-electron chi connectivity index (χ1n) is 16.8. The molecule has 7 rings (SSSR count). The first-order valence-corrected chi connectivity index (χ1v) is 17.5. The fraction of sp³-hybridized carbons (Fsp3) is 0.171. The van der Waals surface area contributed by atoms with Crippen LogP contribution in [0.5, 0.6) is 5.75 Å². The number of aromatic amines is 1. The minimum atomic E-state index is -4.39. The molecule has 0 aliphatic rings. The van der Waals surface area contributed by atoms with Crippen LogP contribution in [0.1, 0.15) is 48.8 Å². The van der Waals surface area contributed by atoms with Gasteiger partial charge >= 0.3 is 18.1 Å². The second-order valence-corrected chi connectivity index (χ2v) is 13.3. The predicted molar refractivity (Wildman–Crippen MR) is 204 cm³/mol. The molecule has 0 atom stereocenters. The zero-order chi connectivity index (χ0) is 39.1. The zero-order valence-electron chi connectivity index (χ0n) is 29.5. The van der Waals surface area contributed by atoms with Crippen LogP contribution in [-0.4, -0.2) is 58.5 Å². The van der Waals surface area contributed by atoms with Crippen LogP contribution >= 0.6 is 23.2 Å². The number of hydrogen-bond donors (Lipinski definition) is 1. The Balaban J connectivity index is 0.000000209. The lowest BCUT2D eigenvalue weighted by Gasteiger charge is -2.11. The number of aromatic nitrogens is 4. The summed E-state index contributed by atoms with van der Waals surface area (Å²) < 4.78 is 53.8. The van der Waals surface area contributed by atoms with Crippen molar-refractivity contribution in [1.29, 1.82) is 0 Å². The normalized spacial score (nSPS) is 11.3. The molecule has 1 N–H and O–H groups in total. The molecule has 0 bridgehead atoms. The highest BCUT2D eigenvalue weighted by atomic mass is 35.5. The van der Waals surface area contributed by atoms with Gasteiger partial charge in [-0.05, 0) is 88.1 Å². The number of ether oxygens (including phenoxy) is 3. The maximum absolute atomic E-state index is 12.4. The van der Waals surface area contributed by atoms with Crippen molar-refractivity contribution in [3.63, 3.8) is 0 Å². The van der Waals surface area contributed by atoms with E-state index < -0.39 is 24.7 Å². The van der Waals surface area contributed by atoms with Crippen molar-refractivity contribution in [1.82, 2.24) is 19.5 Å². The van der Waals surface area contributed by atoms with Gasteiger partial charge < -0.3 is 23.8 Å². The van der Waals surface area contributed by atoms with Crippen molar-refractivity contribution in [2.75, 3.05) is 20.8 Å². The van der Waals surface area contributed by atoms with Crippen LogP contribution in [-0.2, 0) is 28.9 Å². The topological polar surface area (TPSA) is 108 Å². The van der Waals surface area contributed by atoms with Gasteiger partial charge in [0.15, 0.2) is 6.61 Å². The summed E-state index contributed by atoms with van der Waals surface area (Å²) in [6.07, 6.45) is 3.42. The zero-order valence-corrected chi connectivity index (χ0v) is 31.0. The first kappa shape index (κ1) is 38.9. The minimum Gasteiger partial charge on any atom is -0.484 e.